The van der Waals surface area contributed by atoms with Crippen molar-refractivity contribution in [3.8, 4) is 11.3 Å². The standard InChI is InChI=1S/C24H28N4O/c1-18-8-4-5-14-28(18)15-7-13-26-24(29)21-16-23(19-9-6-12-25-17-19)27-22-11-3-2-10-20(21)22/h2-3,6,9-12,16-18H,4-5,7-8,13-15H2,1H3,(H,26,29)/t18-/m1/s1. The Labute approximate surface area is 172 Å². The smallest absolute Gasteiger partial charge is 0.252 e. The Hall–Kier alpha value is -2.79. The molecule has 4 rings (SSSR count). The average molecular weight is 389 g/mol. The van der Waals surface area contributed by atoms with Gasteiger partial charge in [0.1, 0.15) is 0 Å². The van der Waals surface area contributed by atoms with Gasteiger partial charge in [0.05, 0.1) is 16.8 Å². The fourth-order valence-corrected chi connectivity index (χ4v) is 4.09. The van der Waals surface area contributed by atoms with E-state index >= 15 is 0 Å². The summed E-state index contributed by atoms with van der Waals surface area (Å²) >= 11 is 0. The molecule has 0 aliphatic carbocycles. The van der Waals surface area contributed by atoms with Crippen LogP contribution in [0.15, 0.2) is 54.9 Å². The Morgan fingerprint density at radius 3 is 2.93 bits per heavy atom. The number of nitrogens with one attached hydrogen (secondary N) is 1. The van der Waals surface area contributed by atoms with Crippen LogP contribution < -0.4 is 5.32 Å². The number of piperidine rings is 1. The van der Waals surface area contributed by atoms with Gasteiger partial charge in [0.15, 0.2) is 0 Å². The molecule has 0 bridgehead atoms. The van der Waals surface area contributed by atoms with Gasteiger partial charge in [-0.25, -0.2) is 4.98 Å². The monoisotopic (exact) mass is 388 g/mol. The first-order valence-electron chi connectivity index (χ1n) is 10.5. The van der Waals surface area contributed by atoms with E-state index in [2.05, 4.69) is 22.1 Å². The van der Waals surface area contributed by atoms with Crippen molar-refractivity contribution in [2.45, 2.75) is 38.6 Å². The molecular formula is C24H28N4O. The molecule has 1 N–H and O–H groups in total. The molecular weight excluding hydrogens is 360 g/mol. The van der Waals surface area contributed by atoms with Crippen molar-refractivity contribution in [3.63, 3.8) is 0 Å². The van der Waals surface area contributed by atoms with Gasteiger partial charge in [-0.2, -0.15) is 0 Å². The summed E-state index contributed by atoms with van der Waals surface area (Å²) in [7, 11) is 0. The largest absolute Gasteiger partial charge is 0.352 e. The van der Waals surface area contributed by atoms with Crippen molar-refractivity contribution in [1.82, 2.24) is 20.2 Å². The number of amides is 1. The van der Waals surface area contributed by atoms with Crippen LogP contribution in [0.2, 0.25) is 0 Å². The van der Waals surface area contributed by atoms with Crippen LogP contribution in [0.3, 0.4) is 0 Å². The van der Waals surface area contributed by atoms with E-state index < -0.39 is 0 Å². The van der Waals surface area contributed by atoms with Crippen molar-refractivity contribution in [1.29, 1.82) is 0 Å². The highest BCUT2D eigenvalue weighted by molar-refractivity contribution is 6.07. The summed E-state index contributed by atoms with van der Waals surface area (Å²) in [5, 5.41) is 3.99. The topological polar surface area (TPSA) is 58.1 Å². The fourth-order valence-electron chi connectivity index (χ4n) is 4.09. The number of aromatic nitrogens is 2. The number of para-hydroxylation sites is 1. The zero-order chi connectivity index (χ0) is 20.1. The number of rotatable bonds is 6. The molecule has 150 valence electrons. The summed E-state index contributed by atoms with van der Waals surface area (Å²) in [6, 6.07) is 14.2. The zero-order valence-electron chi connectivity index (χ0n) is 17.0. The molecule has 3 heterocycles. The third kappa shape index (κ3) is 4.62. The molecule has 0 saturated carbocycles. The normalized spacial score (nSPS) is 17.3. The second-order valence-corrected chi connectivity index (χ2v) is 7.80. The van der Waals surface area contributed by atoms with E-state index in [9.17, 15) is 4.79 Å². The number of benzene rings is 1. The highest BCUT2D eigenvalue weighted by atomic mass is 16.1. The van der Waals surface area contributed by atoms with Crippen LogP contribution in [0.5, 0.6) is 0 Å². The van der Waals surface area contributed by atoms with Crippen molar-refractivity contribution in [3.05, 3.63) is 60.4 Å². The number of fused-ring (bicyclic) bond motifs is 1. The number of pyridine rings is 2. The van der Waals surface area contributed by atoms with Gasteiger partial charge in [-0.3, -0.25) is 9.78 Å². The molecule has 1 saturated heterocycles. The Kier molecular flexibility index (Phi) is 6.15. The molecule has 5 nitrogen and oxygen atoms in total. The third-order valence-electron chi connectivity index (χ3n) is 5.77. The lowest BCUT2D eigenvalue weighted by molar-refractivity contribution is 0.0950. The molecule has 3 aromatic rings. The van der Waals surface area contributed by atoms with E-state index in [1.165, 1.54) is 25.8 Å². The van der Waals surface area contributed by atoms with Crippen LogP contribution in [0.25, 0.3) is 22.2 Å². The summed E-state index contributed by atoms with van der Waals surface area (Å²) in [6.45, 7) is 5.21. The van der Waals surface area contributed by atoms with Crippen LogP contribution in [0.4, 0.5) is 0 Å². The second-order valence-electron chi connectivity index (χ2n) is 7.80. The lowest BCUT2D eigenvalue weighted by Gasteiger charge is -2.33. The Bertz CT molecular complexity index is 973. The maximum absolute atomic E-state index is 13.0. The molecule has 2 aromatic heterocycles. The van der Waals surface area contributed by atoms with Crippen molar-refractivity contribution >= 4 is 16.8 Å². The average Bonchev–Trinajstić information content (AvgIpc) is 2.77. The predicted octanol–water partition coefficient (Wildman–Crippen LogP) is 4.29. The molecule has 1 fully saturated rings. The van der Waals surface area contributed by atoms with Crippen LogP contribution in [0, 0.1) is 0 Å². The van der Waals surface area contributed by atoms with Crippen molar-refractivity contribution < 1.29 is 4.79 Å². The van der Waals surface area contributed by atoms with E-state index in [-0.39, 0.29) is 5.91 Å². The van der Waals surface area contributed by atoms with Gasteiger partial charge in [-0.15, -0.1) is 0 Å². The first-order valence-corrected chi connectivity index (χ1v) is 10.5. The van der Waals surface area contributed by atoms with Gasteiger partial charge in [-0.05, 0) is 57.0 Å². The second kappa shape index (κ2) is 9.14. The first-order chi connectivity index (χ1) is 14.2. The van der Waals surface area contributed by atoms with Crippen LogP contribution in [-0.2, 0) is 0 Å². The summed E-state index contributed by atoms with van der Waals surface area (Å²) in [4.78, 5) is 24.4. The lowest BCUT2D eigenvalue weighted by Crippen LogP contribution is -2.39. The van der Waals surface area contributed by atoms with E-state index in [0.717, 1.165) is 35.1 Å². The Morgan fingerprint density at radius 2 is 2.10 bits per heavy atom. The first kappa shape index (κ1) is 19.5. The molecule has 1 aliphatic heterocycles. The number of carbonyl (C=O) groups excluding carboxylic acids is 1. The van der Waals surface area contributed by atoms with E-state index in [1.54, 1.807) is 12.4 Å². The lowest BCUT2D eigenvalue weighted by atomic mass is 10.0. The third-order valence-corrected chi connectivity index (χ3v) is 5.77. The van der Waals surface area contributed by atoms with Gasteiger partial charge in [0.2, 0.25) is 0 Å². The van der Waals surface area contributed by atoms with Crippen LogP contribution in [-0.4, -0.2) is 46.5 Å². The van der Waals surface area contributed by atoms with Crippen molar-refractivity contribution in [2.75, 3.05) is 19.6 Å². The molecule has 1 amide bonds. The number of carbonyl (C=O) groups is 1. The highest BCUT2D eigenvalue weighted by Crippen LogP contribution is 2.24. The maximum atomic E-state index is 13.0. The van der Waals surface area contributed by atoms with Gasteiger partial charge in [-0.1, -0.05) is 24.6 Å². The van der Waals surface area contributed by atoms with Crippen LogP contribution >= 0.6 is 0 Å². The summed E-state index contributed by atoms with van der Waals surface area (Å²) in [6.07, 6.45) is 8.39. The number of likely N-dealkylation sites (tertiary alicyclic amines) is 1. The molecule has 29 heavy (non-hydrogen) atoms. The summed E-state index contributed by atoms with van der Waals surface area (Å²) in [5.74, 6) is -0.0413. The molecule has 0 spiro atoms. The van der Waals surface area contributed by atoms with E-state index in [0.29, 0.717) is 18.2 Å². The Balaban J connectivity index is 1.48. The maximum Gasteiger partial charge on any atom is 0.252 e. The van der Waals surface area contributed by atoms with Crippen LogP contribution in [0.1, 0.15) is 43.0 Å². The molecule has 1 atom stereocenters. The van der Waals surface area contributed by atoms with Gasteiger partial charge >= 0.3 is 0 Å². The van der Waals surface area contributed by atoms with Gasteiger partial charge < -0.3 is 10.2 Å². The fraction of sp³-hybridized carbons (Fsp3) is 0.375. The number of hydrogen-bond acceptors (Lipinski definition) is 4. The quantitative estimate of drug-likeness (QED) is 0.640. The Morgan fingerprint density at radius 1 is 1.21 bits per heavy atom. The summed E-state index contributed by atoms with van der Waals surface area (Å²) < 4.78 is 0. The number of nitrogens with zero attached hydrogens (tertiary/aromatic N) is 3. The number of hydrogen-bond donors (Lipinski definition) is 1. The molecule has 5 heteroatoms. The van der Waals surface area contributed by atoms with E-state index in [1.807, 2.05) is 42.5 Å². The zero-order valence-corrected chi connectivity index (χ0v) is 17.0. The summed E-state index contributed by atoms with van der Waals surface area (Å²) in [5.41, 5.74) is 3.16. The molecule has 0 radical (unpaired) electrons. The molecule has 1 aliphatic rings. The van der Waals surface area contributed by atoms with E-state index in [4.69, 9.17) is 4.98 Å². The minimum atomic E-state index is -0.0413. The van der Waals surface area contributed by atoms with Gasteiger partial charge in [0, 0.05) is 42.5 Å². The molecule has 1 aromatic carbocycles. The van der Waals surface area contributed by atoms with Gasteiger partial charge in [0.25, 0.3) is 5.91 Å². The highest BCUT2D eigenvalue weighted by Gasteiger charge is 2.18. The predicted molar refractivity (Wildman–Crippen MR) is 117 cm³/mol. The molecule has 0 unspecified atom stereocenters. The minimum absolute atomic E-state index is 0.0413. The minimum Gasteiger partial charge on any atom is -0.352 e. The SMILES string of the molecule is C[C@@H]1CCCCN1CCCNC(=O)c1cc(-c2cccnc2)nc2ccccc12. The van der Waals surface area contributed by atoms with Crippen molar-refractivity contribution in [2.24, 2.45) is 0 Å².